The molecule has 1 atom stereocenters. The van der Waals surface area contributed by atoms with Crippen LogP contribution in [0.4, 0.5) is 5.69 Å². The number of hydrogen-bond donors (Lipinski definition) is 1. The lowest BCUT2D eigenvalue weighted by molar-refractivity contribution is -0.118. The Labute approximate surface area is 252 Å². The predicted molar refractivity (Wildman–Crippen MR) is 166 cm³/mol. The molecule has 0 amide bonds. The van der Waals surface area contributed by atoms with Gasteiger partial charge < -0.3 is 10.5 Å². The highest BCUT2D eigenvalue weighted by molar-refractivity contribution is 9.11. The third-order valence-corrected chi connectivity index (χ3v) is 9.06. The van der Waals surface area contributed by atoms with Crippen LogP contribution in [-0.2, 0) is 11.4 Å². The molecule has 1 unspecified atom stereocenters. The summed E-state index contributed by atoms with van der Waals surface area (Å²) < 4.78 is 7.89. The number of carbonyl (C=O) groups excluding carboxylic acids is 1. The maximum Gasteiger partial charge on any atom is 0.162 e. The minimum atomic E-state index is -0.551. The lowest BCUT2D eigenvalue weighted by Crippen LogP contribution is -2.42. The van der Waals surface area contributed by atoms with Gasteiger partial charge in [-0.2, -0.15) is 5.26 Å². The molecule has 1 aliphatic heterocycles. The van der Waals surface area contributed by atoms with Crippen molar-refractivity contribution >= 4 is 43.3 Å². The first-order valence-corrected chi connectivity index (χ1v) is 14.8. The molecule has 0 aromatic heterocycles. The van der Waals surface area contributed by atoms with Gasteiger partial charge in [0, 0.05) is 22.2 Å². The largest absolute Gasteiger partial charge is 0.488 e. The molecular formula is C33H31Br2N3O2. The number of aryl methyl sites for hydroxylation is 2. The Bertz CT molecular complexity index is 1630. The molecule has 7 heteroatoms. The minimum absolute atomic E-state index is 0.0551. The summed E-state index contributed by atoms with van der Waals surface area (Å²) in [5, 5.41) is 10.5. The van der Waals surface area contributed by atoms with E-state index in [9.17, 15) is 10.1 Å². The Morgan fingerprint density at radius 3 is 2.38 bits per heavy atom. The Balaban J connectivity index is 1.68. The standard InChI is InChI=1S/C33H31Br2N3O2/c1-19-13-20(2)22(14-21(19)18-40-29-12-8-6-10-25(29)35)30-23(17-36)32(37)38(26-11-7-5-9-24(26)34)27-15-33(3,4)16-28(39)31(27)30/h5-14,30H,15-16,18,37H2,1-4H3. The van der Waals surface area contributed by atoms with Gasteiger partial charge in [0.15, 0.2) is 5.78 Å². The molecule has 0 spiro atoms. The quantitative estimate of drug-likeness (QED) is 0.298. The van der Waals surface area contributed by atoms with E-state index in [-0.39, 0.29) is 11.2 Å². The van der Waals surface area contributed by atoms with Crippen molar-refractivity contribution in [1.29, 1.82) is 5.26 Å². The molecule has 3 aromatic carbocycles. The molecule has 5 nitrogen and oxygen atoms in total. The zero-order chi connectivity index (χ0) is 28.8. The zero-order valence-corrected chi connectivity index (χ0v) is 26.2. The molecule has 0 fully saturated rings. The van der Waals surface area contributed by atoms with Crippen molar-refractivity contribution in [2.24, 2.45) is 11.1 Å². The number of benzene rings is 3. The van der Waals surface area contributed by atoms with E-state index in [4.69, 9.17) is 10.5 Å². The van der Waals surface area contributed by atoms with E-state index in [1.165, 1.54) is 0 Å². The number of para-hydroxylation sites is 2. The third kappa shape index (κ3) is 5.11. The van der Waals surface area contributed by atoms with Gasteiger partial charge in [-0.1, -0.05) is 50.2 Å². The summed E-state index contributed by atoms with van der Waals surface area (Å²) >= 11 is 7.22. The van der Waals surface area contributed by atoms with Crippen LogP contribution in [0.25, 0.3) is 0 Å². The SMILES string of the molecule is Cc1cc(C)c(C2C(C#N)=C(N)N(c3ccccc3Br)C3=C2C(=O)CC(C)(C)C3)cc1COc1ccccc1Br. The zero-order valence-electron chi connectivity index (χ0n) is 23.0. The summed E-state index contributed by atoms with van der Waals surface area (Å²) in [7, 11) is 0. The van der Waals surface area contributed by atoms with E-state index in [1.54, 1.807) is 0 Å². The monoisotopic (exact) mass is 659 g/mol. The van der Waals surface area contributed by atoms with E-state index >= 15 is 0 Å². The number of rotatable bonds is 5. The summed E-state index contributed by atoms with van der Waals surface area (Å²) in [5.41, 5.74) is 13.3. The number of ether oxygens (including phenoxy) is 1. The minimum Gasteiger partial charge on any atom is -0.488 e. The molecule has 1 aliphatic carbocycles. The smallest absolute Gasteiger partial charge is 0.162 e. The van der Waals surface area contributed by atoms with Crippen LogP contribution in [0.15, 0.2) is 92.3 Å². The number of halogens is 2. The van der Waals surface area contributed by atoms with Crippen molar-refractivity contribution < 1.29 is 9.53 Å². The van der Waals surface area contributed by atoms with Crippen LogP contribution in [0.1, 0.15) is 54.9 Å². The Morgan fingerprint density at radius 1 is 1.02 bits per heavy atom. The maximum atomic E-state index is 14.0. The van der Waals surface area contributed by atoms with E-state index < -0.39 is 5.92 Å². The average Bonchev–Trinajstić information content (AvgIpc) is 2.89. The van der Waals surface area contributed by atoms with Crippen LogP contribution in [0.3, 0.4) is 0 Å². The number of carbonyl (C=O) groups is 1. The van der Waals surface area contributed by atoms with Gasteiger partial charge in [-0.15, -0.1) is 0 Å². The predicted octanol–water partition coefficient (Wildman–Crippen LogP) is 8.35. The highest BCUT2D eigenvalue weighted by atomic mass is 79.9. The van der Waals surface area contributed by atoms with E-state index in [0.717, 1.165) is 48.3 Å². The number of anilines is 1. The van der Waals surface area contributed by atoms with Gasteiger partial charge in [0.05, 0.1) is 27.7 Å². The molecular weight excluding hydrogens is 630 g/mol. The molecule has 0 radical (unpaired) electrons. The van der Waals surface area contributed by atoms with Crippen molar-refractivity contribution in [3.05, 3.63) is 115 Å². The Hall–Kier alpha value is -3.34. The first-order chi connectivity index (χ1) is 19.0. The lowest BCUT2D eigenvalue weighted by atomic mass is 9.68. The highest BCUT2D eigenvalue weighted by Crippen LogP contribution is 2.51. The van der Waals surface area contributed by atoms with Crippen LogP contribution in [0, 0.1) is 30.6 Å². The first kappa shape index (κ1) is 28.2. The fraction of sp³-hybridized carbons (Fsp3) is 0.273. The summed E-state index contributed by atoms with van der Waals surface area (Å²) in [4.78, 5) is 15.9. The van der Waals surface area contributed by atoms with Gasteiger partial charge in [0.2, 0.25) is 0 Å². The first-order valence-electron chi connectivity index (χ1n) is 13.2. The fourth-order valence-electron chi connectivity index (χ4n) is 5.83. The van der Waals surface area contributed by atoms with E-state index in [1.807, 2.05) is 60.4 Å². The lowest BCUT2D eigenvalue weighted by Gasteiger charge is -2.44. The number of nitrogens with two attached hydrogens (primary N) is 1. The number of nitriles is 1. The number of nitrogens with zero attached hydrogens (tertiary/aromatic N) is 2. The summed E-state index contributed by atoms with van der Waals surface area (Å²) in [6.45, 7) is 8.65. The van der Waals surface area contributed by atoms with Gasteiger partial charge in [-0.05, 0) is 104 Å². The molecule has 2 N–H and O–H groups in total. The van der Waals surface area contributed by atoms with Crippen LogP contribution in [0.5, 0.6) is 5.75 Å². The van der Waals surface area contributed by atoms with Crippen LogP contribution in [0.2, 0.25) is 0 Å². The molecule has 2 aliphatic rings. The number of Topliss-reactive ketones (excluding diaryl/α,β-unsaturated/α-hetero) is 1. The van der Waals surface area contributed by atoms with Crippen LogP contribution in [-0.4, -0.2) is 5.78 Å². The molecule has 204 valence electrons. The summed E-state index contributed by atoms with van der Waals surface area (Å²) in [5.74, 6) is 0.613. The average molecular weight is 661 g/mol. The van der Waals surface area contributed by atoms with E-state index in [0.29, 0.717) is 36.4 Å². The summed E-state index contributed by atoms with van der Waals surface area (Å²) in [6.07, 6.45) is 1.07. The van der Waals surface area contributed by atoms with Crippen molar-refractivity contribution in [2.45, 2.75) is 53.1 Å². The van der Waals surface area contributed by atoms with Crippen molar-refractivity contribution in [3.63, 3.8) is 0 Å². The van der Waals surface area contributed by atoms with Gasteiger partial charge in [-0.25, -0.2) is 0 Å². The van der Waals surface area contributed by atoms with Gasteiger partial charge in [-0.3, -0.25) is 9.69 Å². The van der Waals surface area contributed by atoms with Crippen LogP contribution < -0.4 is 15.4 Å². The molecule has 3 aromatic rings. The molecule has 40 heavy (non-hydrogen) atoms. The van der Waals surface area contributed by atoms with Crippen molar-refractivity contribution in [1.82, 2.24) is 0 Å². The van der Waals surface area contributed by atoms with Crippen molar-refractivity contribution in [2.75, 3.05) is 4.90 Å². The third-order valence-electron chi connectivity index (χ3n) is 7.73. The van der Waals surface area contributed by atoms with Gasteiger partial charge >= 0.3 is 0 Å². The van der Waals surface area contributed by atoms with Crippen molar-refractivity contribution in [3.8, 4) is 11.8 Å². The fourth-order valence-corrected chi connectivity index (χ4v) is 6.69. The molecule has 0 saturated heterocycles. The topological polar surface area (TPSA) is 79.4 Å². The summed E-state index contributed by atoms with van der Waals surface area (Å²) in [6, 6.07) is 22.1. The van der Waals surface area contributed by atoms with Crippen LogP contribution >= 0.6 is 31.9 Å². The second-order valence-corrected chi connectivity index (χ2v) is 13.0. The highest BCUT2D eigenvalue weighted by Gasteiger charge is 2.45. The molecule has 0 bridgehead atoms. The Morgan fingerprint density at radius 2 is 1.70 bits per heavy atom. The Kier molecular flexibility index (Phi) is 7.69. The molecule has 5 rings (SSSR count). The number of hydrogen-bond acceptors (Lipinski definition) is 5. The van der Waals surface area contributed by atoms with Gasteiger partial charge in [0.25, 0.3) is 0 Å². The number of allylic oxidation sites excluding steroid dienone is 3. The molecule has 0 saturated carbocycles. The maximum absolute atomic E-state index is 14.0. The normalized spacial score (nSPS) is 18.5. The number of ketones is 1. The second kappa shape index (κ2) is 10.9. The second-order valence-electron chi connectivity index (χ2n) is 11.3. The van der Waals surface area contributed by atoms with Gasteiger partial charge in [0.1, 0.15) is 18.2 Å². The molecule has 1 heterocycles. The van der Waals surface area contributed by atoms with E-state index in [2.05, 4.69) is 70.8 Å².